The quantitative estimate of drug-likeness (QED) is 0.398. The molecule has 0 aliphatic rings. The Labute approximate surface area is 181 Å². The number of benzene rings is 2. The number of H-pyrrole nitrogens is 1. The Kier molecular flexibility index (Phi) is 6.55. The molecule has 0 saturated carbocycles. The van der Waals surface area contributed by atoms with E-state index in [4.69, 9.17) is 0 Å². The normalized spacial score (nSPS) is 11.5. The van der Waals surface area contributed by atoms with Crippen molar-refractivity contribution in [3.63, 3.8) is 0 Å². The first-order valence-corrected chi connectivity index (χ1v) is 10.00. The van der Waals surface area contributed by atoms with Crippen molar-refractivity contribution in [2.75, 3.05) is 16.0 Å². The third kappa shape index (κ3) is 5.19. The van der Waals surface area contributed by atoms with E-state index in [-0.39, 0.29) is 17.6 Å². The molecule has 0 bridgehead atoms. The van der Waals surface area contributed by atoms with Crippen molar-refractivity contribution in [1.82, 2.24) is 4.98 Å². The molecule has 0 radical (unpaired) electrons. The van der Waals surface area contributed by atoms with Crippen LogP contribution in [0.5, 0.6) is 0 Å². The second-order valence-corrected chi connectivity index (χ2v) is 7.44. The largest absolute Gasteiger partial charge is 0.375 e. The van der Waals surface area contributed by atoms with Crippen molar-refractivity contribution in [2.24, 2.45) is 0 Å². The Hall–Kier alpha value is -3.87. The number of ketones is 2. The number of aryl methyl sites for hydroxylation is 1. The fourth-order valence-corrected chi connectivity index (χ4v) is 3.56. The number of amides is 2. The van der Waals surface area contributed by atoms with E-state index in [1.807, 2.05) is 24.3 Å². The first-order valence-electron chi connectivity index (χ1n) is 10.00. The minimum atomic E-state index is -0.537. The molecule has 1 atom stereocenters. The van der Waals surface area contributed by atoms with Crippen LogP contribution in [0.25, 0.3) is 0 Å². The number of hydrogen-bond acceptors (Lipinski definition) is 4. The van der Waals surface area contributed by atoms with Gasteiger partial charge in [0, 0.05) is 28.3 Å². The zero-order valence-corrected chi connectivity index (χ0v) is 18.0. The van der Waals surface area contributed by atoms with Crippen molar-refractivity contribution in [3.05, 3.63) is 77.1 Å². The molecule has 1 heterocycles. The van der Waals surface area contributed by atoms with Gasteiger partial charge in [-0.15, -0.1) is 0 Å². The summed E-state index contributed by atoms with van der Waals surface area (Å²) in [7, 11) is 0. The lowest BCUT2D eigenvalue weighted by atomic mass is 10.0. The highest BCUT2D eigenvalue weighted by Crippen LogP contribution is 2.22. The lowest BCUT2D eigenvalue weighted by molar-refractivity contribution is 0.0970. The fraction of sp³-hybridized carbons (Fsp3) is 0.208. The Balaban J connectivity index is 1.67. The number of carbonyl (C=O) groups excluding carboxylic acids is 3. The van der Waals surface area contributed by atoms with Crippen LogP contribution in [-0.4, -0.2) is 28.6 Å². The van der Waals surface area contributed by atoms with Crippen molar-refractivity contribution in [2.45, 2.75) is 33.7 Å². The van der Waals surface area contributed by atoms with Crippen LogP contribution in [0.15, 0.2) is 54.6 Å². The third-order valence-electron chi connectivity index (χ3n) is 4.96. The van der Waals surface area contributed by atoms with E-state index in [0.29, 0.717) is 39.6 Å². The molecule has 3 rings (SSSR count). The van der Waals surface area contributed by atoms with Crippen LogP contribution in [0, 0.1) is 13.8 Å². The number of hydrogen-bond donors (Lipinski definition) is 4. The van der Waals surface area contributed by atoms with Crippen LogP contribution in [0.1, 0.15) is 46.0 Å². The van der Waals surface area contributed by atoms with Gasteiger partial charge in [-0.25, -0.2) is 4.79 Å². The molecule has 31 heavy (non-hydrogen) atoms. The van der Waals surface area contributed by atoms with Crippen LogP contribution in [-0.2, 0) is 0 Å². The Morgan fingerprint density at radius 1 is 0.871 bits per heavy atom. The molecular weight excluding hydrogens is 392 g/mol. The summed E-state index contributed by atoms with van der Waals surface area (Å²) in [6.07, 6.45) is 0. The monoisotopic (exact) mass is 418 g/mol. The van der Waals surface area contributed by atoms with Crippen molar-refractivity contribution >= 4 is 34.7 Å². The van der Waals surface area contributed by atoms with Gasteiger partial charge in [0.1, 0.15) is 0 Å². The van der Waals surface area contributed by atoms with Gasteiger partial charge in [-0.05, 0) is 63.6 Å². The summed E-state index contributed by atoms with van der Waals surface area (Å²) in [4.78, 5) is 40.0. The molecule has 3 aromatic rings. The summed E-state index contributed by atoms with van der Waals surface area (Å²) in [5, 5.41) is 8.70. The summed E-state index contributed by atoms with van der Waals surface area (Å²) >= 11 is 0. The number of carbonyl (C=O) groups is 3. The lowest BCUT2D eigenvalue weighted by Crippen LogP contribution is -2.27. The van der Waals surface area contributed by atoms with Crippen LogP contribution in [0.4, 0.5) is 21.9 Å². The maximum absolute atomic E-state index is 12.9. The van der Waals surface area contributed by atoms with Crippen molar-refractivity contribution in [3.8, 4) is 0 Å². The standard InChI is InChI=1S/C24H26N4O3/c1-14-21(17(4)29)15(2)26-22(14)23(30)16(3)25-19-11-8-12-20(13-19)28-24(31)27-18-9-6-5-7-10-18/h5-13,16,25-26H,1-4H3,(H2,27,28,31). The molecule has 0 fully saturated rings. The highest BCUT2D eigenvalue weighted by atomic mass is 16.2. The van der Waals surface area contributed by atoms with E-state index in [1.54, 1.807) is 51.1 Å². The van der Waals surface area contributed by atoms with Gasteiger partial charge < -0.3 is 20.9 Å². The van der Waals surface area contributed by atoms with Gasteiger partial charge in [0.15, 0.2) is 5.78 Å². The molecule has 160 valence electrons. The second kappa shape index (κ2) is 9.30. The molecule has 2 amide bonds. The van der Waals surface area contributed by atoms with E-state index in [2.05, 4.69) is 20.9 Å². The maximum Gasteiger partial charge on any atom is 0.323 e. The SMILES string of the molecule is CC(=O)c1c(C)[nH]c(C(=O)C(C)Nc2cccc(NC(=O)Nc3ccccc3)c2)c1C. The highest BCUT2D eigenvalue weighted by molar-refractivity contribution is 6.06. The predicted octanol–water partition coefficient (Wildman–Crippen LogP) is 5.16. The number of aromatic amines is 1. The number of urea groups is 1. The van der Waals surface area contributed by atoms with Gasteiger partial charge in [-0.2, -0.15) is 0 Å². The summed E-state index contributed by atoms with van der Waals surface area (Å²) in [5.74, 6) is -0.216. The Bertz CT molecular complexity index is 1120. The number of aromatic nitrogens is 1. The molecule has 1 aromatic heterocycles. The smallest absolute Gasteiger partial charge is 0.323 e. The molecule has 4 N–H and O–H groups in total. The molecule has 0 spiro atoms. The number of Topliss-reactive ketones (excluding diaryl/α,β-unsaturated/α-hetero) is 2. The average molecular weight is 418 g/mol. The first-order chi connectivity index (χ1) is 14.8. The van der Waals surface area contributed by atoms with E-state index in [1.165, 1.54) is 6.92 Å². The Morgan fingerprint density at radius 3 is 2.13 bits per heavy atom. The summed E-state index contributed by atoms with van der Waals surface area (Å²) in [6, 6.07) is 15.4. The topological polar surface area (TPSA) is 103 Å². The average Bonchev–Trinajstić information content (AvgIpc) is 3.02. The Morgan fingerprint density at radius 2 is 1.48 bits per heavy atom. The van der Waals surface area contributed by atoms with Crippen LogP contribution < -0.4 is 16.0 Å². The summed E-state index contributed by atoms with van der Waals surface area (Å²) < 4.78 is 0. The summed E-state index contributed by atoms with van der Waals surface area (Å²) in [5.41, 5.74) is 4.31. The maximum atomic E-state index is 12.9. The molecule has 1 unspecified atom stereocenters. The van der Waals surface area contributed by atoms with Crippen molar-refractivity contribution in [1.29, 1.82) is 0 Å². The van der Waals surface area contributed by atoms with Crippen LogP contribution in [0.2, 0.25) is 0 Å². The number of nitrogens with one attached hydrogen (secondary N) is 4. The van der Waals surface area contributed by atoms with E-state index in [9.17, 15) is 14.4 Å². The highest BCUT2D eigenvalue weighted by Gasteiger charge is 2.23. The zero-order valence-electron chi connectivity index (χ0n) is 18.0. The number of rotatable bonds is 7. The van der Waals surface area contributed by atoms with Gasteiger partial charge in [0.05, 0.1) is 11.7 Å². The fourth-order valence-electron chi connectivity index (χ4n) is 3.56. The number of para-hydroxylation sites is 1. The second-order valence-electron chi connectivity index (χ2n) is 7.44. The van der Waals surface area contributed by atoms with Crippen LogP contribution >= 0.6 is 0 Å². The minimum absolute atomic E-state index is 0.0709. The van der Waals surface area contributed by atoms with Gasteiger partial charge in [-0.3, -0.25) is 9.59 Å². The molecule has 0 saturated heterocycles. The molecule has 7 nitrogen and oxygen atoms in total. The van der Waals surface area contributed by atoms with Gasteiger partial charge in [0.25, 0.3) is 0 Å². The molecule has 0 aliphatic heterocycles. The molecule has 0 aliphatic carbocycles. The molecule has 7 heteroatoms. The predicted molar refractivity (Wildman–Crippen MR) is 123 cm³/mol. The third-order valence-corrected chi connectivity index (χ3v) is 4.96. The van der Waals surface area contributed by atoms with E-state index >= 15 is 0 Å². The van der Waals surface area contributed by atoms with Gasteiger partial charge in [0.2, 0.25) is 5.78 Å². The lowest BCUT2D eigenvalue weighted by Gasteiger charge is -2.15. The van der Waals surface area contributed by atoms with Crippen LogP contribution in [0.3, 0.4) is 0 Å². The van der Waals surface area contributed by atoms with E-state index < -0.39 is 6.04 Å². The zero-order chi connectivity index (χ0) is 22.5. The van der Waals surface area contributed by atoms with Gasteiger partial charge in [-0.1, -0.05) is 24.3 Å². The van der Waals surface area contributed by atoms with Crippen molar-refractivity contribution < 1.29 is 14.4 Å². The van der Waals surface area contributed by atoms with Gasteiger partial charge >= 0.3 is 6.03 Å². The summed E-state index contributed by atoms with van der Waals surface area (Å²) in [6.45, 7) is 6.81. The van der Waals surface area contributed by atoms with E-state index in [0.717, 1.165) is 0 Å². The molecule has 2 aromatic carbocycles. The molecular formula is C24H26N4O3. The number of anilines is 3. The minimum Gasteiger partial charge on any atom is -0.375 e. The first kappa shape index (κ1) is 21.8.